The second-order valence-electron chi connectivity index (χ2n) is 7.86. The van der Waals surface area contributed by atoms with E-state index in [2.05, 4.69) is 9.97 Å². The molecule has 9 nitrogen and oxygen atoms in total. The third kappa shape index (κ3) is 4.82. The van der Waals surface area contributed by atoms with Crippen LogP contribution < -0.4 is 4.90 Å². The fraction of sp³-hybridized carbons (Fsp3) is 0.409. The first-order valence-corrected chi connectivity index (χ1v) is 10.4. The quantitative estimate of drug-likeness (QED) is 0.644. The summed E-state index contributed by atoms with van der Waals surface area (Å²) in [6, 6.07) is 9.66. The zero-order valence-electron chi connectivity index (χ0n) is 17.6. The molecule has 0 N–H and O–H groups in total. The molecule has 2 fully saturated rings. The van der Waals surface area contributed by atoms with Crippen molar-refractivity contribution >= 4 is 23.7 Å². The fourth-order valence-electron chi connectivity index (χ4n) is 3.80. The lowest BCUT2D eigenvalue weighted by molar-refractivity contribution is -0.158. The van der Waals surface area contributed by atoms with Gasteiger partial charge in [0.05, 0.1) is 0 Å². The standard InChI is InChI=1S/C22H26N6O3/c1-17-3-5-18(6-4-17)15-27-13-14-28(21(31)20(27)30)16-19(29)25-9-11-26(12-10-25)22-23-7-2-8-24-22/h2-8H,9-16H2,1H3. The Morgan fingerprint density at radius 2 is 1.48 bits per heavy atom. The molecule has 0 atom stereocenters. The number of anilines is 1. The monoisotopic (exact) mass is 422 g/mol. The summed E-state index contributed by atoms with van der Waals surface area (Å²) >= 11 is 0. The minimum absolute atomic E-state index is 0.0647. The van der Waals surface area contributed by atoms with Gasteiger partial charge in [-0.15, -0.1) is 0 Å². The Bertz CT molecular complexity index is 941. The van der Waals surface area contributed by atoms with Crippen molar-refractivity contribution in [3.63, 3.8) is 0 Å². The molecule has 3 heterocycles. The number of rotatable bonds is 5. The topological polar surface area (TPSA) is 89.9 Å². The van der Waals surface area contributed by atoms with Gasteiger partial charge in [-0.1, -0.05) is 29.8 Å². The van der Waals surface area contributed by atoms with Gasteiger partial charge in [-0.3, -0.25) is 14.4 Å². The Morgan fingerprint density at radius 3 is 2.16 bits per heavy atom. The van der Waals surface area contributed by atoms with Gasteiger partial charge in [-0.25, -0.2) is 9.97 Å². The molecule has 0 unspecified atom stereocenters. The van der Waals surface area contributed by atoms with Crippen molar-refractivity contribution in [3.8, 4) is 0 Å². The number of aromatic nitrogens is 2. The molecular weight excluding hydrogens is 396 g/mol. The van der Waals surface area contributed by atoms with Crippen molar-refractivity contribution in [2.45, 2.75) is 13.5 Å². The summed E-state index contributed by atoms with van der Waals surface area (Å²) in [7, 11) is 0. The zero-order chi connectivity index (χ0) is 21.8. The fourth-order valence-corrected chi connectivity index (χ4v) is 3.80. The maximum absolute atomic E-state index is 12.7. The Hall–Kier alpha value is -3.49. The Labute approximate surface area is 181 Å². The molecule has 2 aliphatic rings. The predicted molar refractivity (Wildman–Crippen MR) is 114 cm³/mol. The van der Waals surface area contributed by atoms with E-state index in [1.54, 1.807) is 28.3 Å². The van der Waals surface area contributed by atoms with Crippen LogP contribution in [0.15, 0.2) is 42.7 Å². The van der Waals surface area contributed by atoms with Crippen LogP contribution in [-0.2, 0) is 20.9 Å². The molecule has 0 spiro atoms. The smallest absolute Gasteiger partial charge is 0.312 e. The molecule has 2 aliphatic heterocycles. The number of benzene rings is 1. The SMILES string of the molecule is Cc1ccc(CN2CCN(CC(=O)N3CCN(c4ncccn4)CC3)C(=O)C2=O)cc1. The first kappa shape index (κ1) is 20.8. The van der Waals surface area contributed by atoms with Crippen LogP contribution in [0.2, 0.25) is 0 Å². The average molecular weight is 422 g/mol. The van der Waals surface area contributed by atoms with Gasteiger partial charge < -0.3 is 19.6 Å². The van der Waals surface area contributed by atoms with E-state index in [1.165, 1.54) is 4.90 Å². The number of carbonyl (C=O) groups excluding carboxylic acids is 3. The van der Waals surface area contributed by atoms with Gasteiger partial charge in [0, 0.05) is 58.2 Å². The zero-order valence-corrected chi connectivity index (χ0v) is 17.6. The van der Waals surface area contributed by atoms with Gasteiger partial charge in [0.25, 0.3) is 0 Å². The first-order valence-electron chi connectivity index (χ1n) is 10.4. The predicted octanol–water partition coefficient (Wildman–Crippen LogP) is 0.305. The second kappa shape index (κ2) is 9.11. The number of hydrogen-bond acceptors (Lipinski definition) is 6. The van der Waals surface area contributed by atoms with Crippen molar-refractivity contribution < 1.29 is 14.4 Å². The molecule has 31 heavy (non-hydrogen) atoms. The number of aryl methyl sites for hydroxylation is 1. The Balaban J connectivity index is 1.28. The average Bonchev–Trinajstić information content (AvgIpc) is 2.81. The summed E-state index contributed by atoms with van der Waals surface area (Å²) in [5, 5.41) is 0. The lowest BCUT2D eigenvalue weighted by atomic mass is 10.1. The molecule has 4 rings (SSSR count). The molecule has 162 valence electrons. The molecule has 0 radical (unpaired) electrons. The minimum Gasteiger partial charge on any atom is -0.338 e. The molecule has 2 saturated heterocycles. The van der Waals surface area contributed by atoms with Crippen molar-refractivity contribution in [1.82, 2.24) is 24.7 Å². The van der Waals surface area contributed by atoms with Crippen LogP contribution in [-0.4, -0.2) is 88.2 Å². The van der Waals surface area contributed by atoms with E-state index in [-0.39, 0.29) is 12.5 Å². The first-order chi connectivity index (χ1) is 15.0. The normalized spacial score (nSPS) is 17.3. The van der Waals surface area contributed by atoms with Crippen LogP contribution >= 0.6 is 0 Å². The molecule has 0 saturated carbocycles. The van der Waals surface area contributed by atoms with Crippen LogP contribution in [0.1, 0.15) is 11.1 Å². The maximum atomic E-state index is 12.7. The highest BCUT2D eigenvalue weighted by molar-refractivity contribution is 6.35. The van der Waals surface area contributed by atoms with Crippen molar-refractivity contribution in [3.05, 3.63) is 53.9 Å². The summed E-state index contributed by atoms with van der Waals surface area (Å²) in [6.07, 6.45) is 3.39. The van der Waals surface area contributed by atoms with Gasteiger partial charge in [0.15, 0.2) is 0 Å². The Morgan fingerprint density at radius 1 is 0.871 bits per heavy atom. The van der Waals surface area contributed by atoms with Crippen molar-refractivity contribution in [2.75, 3.05) is 50.7 Å². The number of hydrogen-bond donors (Lipinski definition) is 0. The summed E-state index contributed by atoms with van der Waals surface area (Å²) < 4.78 is 0. The van der Waals surface area contributed by atoms with Crippen LogP contribution in [0.25, 0.3) is 0 Å². The summed E-state index contributed by atoms with van der Waals surface area (Å²) in [5.74, 6) is -0.643. The molecule has 1 aromatic carbocycles. The number of piperazine rings is 2. The summed E-state index contributed by atoms with van der Waals surface area (Å²) in [6.45, 7) is 5.45. The highest BCUT2D eigenvalue weighted by Gasteiger charge is 2.34. The van der Waals surface area contributed by atoms with Crippen LogP contribution in [0.5, 0.6) is 0 Å². The number of carbonyl (C=O) groups is 3. The molecule has 1 aromatic heterocycles. The third-order valence-corrected chi connectivity index (χ3v) is 5.68. The number of nitrogens with zero attached hydrogens (tertiary/aromatic N) is 6. The molecular formula is C22H26N6O3. The van der Waals surface area contributed by atoms with Gasteiger partial charge in [-0.05, 0) is 18.6 Å². The van der Waals surface area contributed by atoms with Crippen molar-refractivity contribution in [2.24, 2.45) is 0 Å². The molecule has 0 aliphatic carbocycles. The maximum Gasteiger partial charge on any atom is 0.312 e. The third-order valence-electron chi connectivity index (χ3n) is 5.68. The second-order valence-corrected chi connectivity index (χ2v) is 7.86. The van der Waals surface area contributed by atoms with Gasteiger partial charge in [0.2, 0.25) is 11.9 Å². The lowest BCUT2D eigenvalue weighted by Crippen LogP contribution is -2.57. The lowest BCUT2D eigenvalue weighted by Gasteiger charge is -2.37. The minimum atomic E-state index is -0.608. The number of amides is 3. The highest BCUT2D eigenvalue weighted by atomic mass is 16.2. The van der Waals surface area contributed by atoms with Gasteiger partial charge in [0.1, 0.15) is 6.54 Å². The van der Waals surface area contributed by atoms with Crippen molar-refractivity contribution in [1.29, 1.82) is 0 Å². The van der Waals surface area contributed by atoms with Crippen LogP contribution in [0, 0.1) is 6.92 Å². The largest absolute Gasteiger partial charge is 0.338 e. The molecule has 9 heteroatoms. The van der Waals surface area contributed by atoms with E-state index in [0.29, 0.717) is 51.8 Å². The molecule has 3 amide bonds. The summed E-state index contributed by atoms with van der Waals surface area (Å²) in [5.41, 5.74) is 2.13. The van der Waals surface area contributed by atoms with Crippen LogP contribution in [0.4, 0.5) is 5.95 Å². The van der Waals surface area contributed by atoms with E-state index in [0.717, 1.165) is 11.1 Å². The molecule has 0 bridgehead atoms. The van der Waals surface area contributed by atoms with Gasteiger partial charge >= 0.3 is 11.8 Å². The van der Waals surface area contributed by atoms with E-state index >= 15 is 0 Å². The highest BCUT2D eigenvalue weighted by Crippen LogP contribution is 2.13. The van der Waals surface area contributed by atoms with E-state index in [9.17, 15) is 14.4 Å². The molecule has 2 aromatic rings. The van der Waals surface area contributed by atoms with Gasteiger partial charge in [-0.2, -0.15) is 0 Å². The summed E-state index contributed by atoms with van der Waals surface area (Å²) in [4.78, 5) is 53.0. The van der Waals surface area contributed by atoms with Crippen LogP contribution in [0.3, 0.4) is 0 Å². The van der Waals surface area contributed by atoms with E-state index in [4.69, 9.17) is 0 Å². The van der Waals surface area contributed by atoms with E-state index in [1.807, 2.05) is 36.1 Å². The Kier molecular flexibility index (Phi) is 6.11. The van der Waals surface area contributed by atoms with E-state index < -0.39 is 11.8 Å².